The topological polar surface area (TPSA) is 43.0 Å². The summed E-state index contributed by atoms with van der Waals surface area (Å²) in [4.78, 5) is 2.15. The molecule has 2 aliphatic rings. The van der Waals surface area contributed by atoms with E-state index in [0.29, 0.717) is 0 Å². The minimum atomic E-state index is -0.468. The molecule has 2 atom stereocenters. The van der Waals surface area contributed by atoms with Gasteiger partial charge >= 0.3 is 0 Å². The first kappa shape index (κ1) is 19.3. The van der Waals surface area contributed by atoms with Gasteiger partial charge in [-0.05, 0) is 61.5 Å². The Morgan fingerprint density at radius 2 is 2.00 bits per heavy atom. The lowest BCUT2D eigenvalue weighted by atomic mass is 9.90. The molecule has 2 heterocycles. The number of thiocarbonyl (C=S) groups is 1. The second-order valence-corrected chi connectivity index (χ2v) is 8.56. The van der Waals surface area contributed by atoms with Gasteiger partial charge in [0.25, 0.3) is 0 Å². The van der Waals surface area contributed by atoms with Crippen LogP contribution in [-0.4, -0.2) is 36.5 Å². The van der Waals surface area contributed by atoms with Crippen molar-refractivity contribution in [3.8, 4) is 17.2 Å². The van der Waals surface area contributed by atoms with Crippen molar-refractivity contribution >= 4 is 33.3 Å². The minimum Gasteiger partial charge on any atom is -0.493 e. The predicted octanol–water partition coefficient (Wildman–Crippen LogP) is 4.44. The van der Waals surface area contributed by atoms with Crippen LogP contribution < -0.4 is 19.5 Å². The van der Waals surface area contributed by atoms with Gasteiger partial charge < -0.3 is 24.4 Å². The molecule has 0 unspecified atom stereocenters. The number of halogens is 1. The quantitative estimate of drug-likeness (QED) is 0.662. The van der Waals surface area contributed by atoms with E-state index in [9.17, 15) is 0 Å². The smallest absolute Gasteiger partial charge is 0.184 e. The maximum atomic E-state index is 6.43. The molecule has 2 aromatic carbocycles. The van der Waals surface area contributed by atoms with E-state index >= 15 is 0 Å². The Kier molecular flexibility index (Phi) is 5.14. The van der Waals surface area contributed by atoms with Crippen molar-refractivity contribution in [3.63, 3.8) is 0 Å². The van der Waals surface area contributed by atoms with Crippen LogP contribution in [0.2, 0.25) is 0 Å². The van der Waals surface area contributed by atoms with Gasteiger partial charge in [0.15, 0.2) is 22.3 Å². The Morgan fingerprint density at radius 1 is 1.21 bits per heavy atom. The molecule has 148 valence electrons. The van der Waals surface area contributed by atoms with Crippen LogP contribution in [0.25, 0.3) is 0 Å². The van der Waals surface area contributed by atoms with Gasteiger partial charge in [0.2, 0.25) is 0 Å². The van der Waals surface area contributed by atoms with Gasteiger partial charge in [0.05, 0.1) is 20.3 Å². The van der Waals surface area contributed by atoms with E-state index in [-0.39, 0.29) is 6.04 Å². The van der Waals surface area contributed by atoms with Gasteiger partial charge in [0, 0.05) is 23.0 Å². The predicted molar refractivity (Wildman–Crippen MR) is 116 cm³/mol. The van der Waals surface area contributed by atoms with E-state index in [4.69, 9.17) is 26.4 Å². The van der Waals surface area contributed by atoms with Crippen molar-refractivity contribution in [2.75, 3.05) is 20.8 Å². The molecule has 28 heavy (non-hydrogen) atoms. The highest BCUT2D eigenvalue weighted by Gasteiger charge is 2.47. The molecule has 0 amide bonds. The van der Waals surface area contributed by atoms with Crippen molar-refractivity contribution in [1.82, 2.24) is 10.2 Å². The second kappa shape index (κ2) is 7.44. The summed E-state index contributed by atoms with van der Waals surface area (Å²) >= 11 is 9.24. The summed E-state index contributed by atoms with van der Waals surface area (Å²) in [7, 11) is 3.29. The first-order valence-corrected chi connectivity index (χ1v) is 10.4. The molecule has 2 aromatic rings. The van der Waals surface area contributed by atoms with Gasteiger partial charge in [-0.2, -0.15) is 0 Å². The summed E-state index contributed by atoms with van der Waals surface area (Å²) in [6, 6.07) is 12.3. The molecule has 0 spiro atoms. The van der Waals surface area contributed by atoms with Crippen LogP contribution in [0.15, 0.2) is 40.9 Å². The highest BCUT2D eigenvalue weighted by atomic mass is 79.9. The summed E-state index contributed by atoms with van der Waals surface area (Å²) in [5.41, 5.74) is 1.84. The third-order valence-electron chi connectivity index (χ3n) is 5.45. The van der Waals surface area contributed by atoms with Crippen molar-refractivity contribution in [3.05, 3.63) is 52.0 Å². The van der Waals surface area contributed by atoms with Gasteiger partial charge in [-0.15, -0.1) is 0 Å². The van der Waals surface area contributed by atoms with Crippen LogP contribution in [0, 0.1) is 0 Å². The largest absolute Gasteiger partial charge is 0.493 e. The lowest BCUT2D eigenvalue weighted by Gasteiger charge is -2.52. The van der Waals surface area contributed by atoms with E-state index in [0.717, 1.165) is 57.3 Å². The Hall–Kier alpha value is -1.99. The maximum absolute atomic E-state index is 6.43. The molecular formula is C21H23BrN2O3S. The number of fused-ring (bicyclic) bond motifs is 4. The molecule has 1 N–H and O–H groups in total. The number of ether oxygens (including phenoxy) is 3. The molecule has 4 rings (SSSR count). The molecule has 5 nitrogen and oxygen atoms in total. The highest BCUT2D eigenvalue weighted by Crippen LogP contribution is 2.44. The molecule has 1 saturated heterocycles. The fourth-order valence-corrected chi connectivity index (χ4v) is 4.81. The van der Waals surface area contributed by atoms with Crippen LogP contribution >= 0.6 is 28.1 Å². The van der Waals surface area contributed by atoms with E-state index in [1.807, 2.05) is 24.3 Å². The summed E-state index contributed by atoms with van der Waals surface area (Å²) in [5, 5.41) is 4.22. The first-order chi connectivity index (χ1) is 13.4. The third-order valence-corrected chi connectivity index (χ3v) is 6.28. The van der Waals surface area contributed by atoms with Crippen LogP contribution in [0.1, 0.15) is 30.5 Å². The molecule has 2 aliphatic heterocycles. The van der Waals surface area contributed by atoms with Crippen LogP contribution in [0.3, 0.4) is 0 Å². The van der Waals surface area contributed by atoms with Crippen molar-refractivity contribution in [2.45, 2.75) is 31.5 Å². The fourth-order valence-electron chi connectivity index (χ4n) is 4.00. The van der Waals surface area contributed by atoms with E-state index < -0.39 is 5.72 Å². The molecule has 0 saturated carbocycles. The number of nitrogens with one attached hydrogen (secondary N) is 1. The molecule has 0 aliphatic carbocycles. The Labute approximate surface area is 179 Å². The fraction of sp³-hybridized carbons (Fsp3) is 0.381. The van der Waals surface area contributed by atoms with Crippen LogP contribution in [0.4, 0.5) is 0 Å². The van der Waals surface area contributed by atoms with Crippen LogP contribution in [0.5, 0.6) is 17.2 Å². The maximum Gasteiger partial charge on any atom is 0.184 e. The molecule has 0 aromatic heterocycles. The number of rotatable bonds is 5. The van der Waals surface area contributed by atoms with E-state index in [2.05, 4.69) is 45.2 Å². The van der Waals surface area contributed by atoms with Gasteiger partial charge in [-0.1, -0.05) is 22.0 Å². The Morgan fingerprint density at radius 3 is 2.75 bits per heavy atom. The average Bonchev–Trinajstić information content (AvgIpc) is 2.67. The SMILES string of the molecule is COc1ccc(CCN2C(=S)N[C@H]3C[C@@]2(C)Oc2ccc(Br)cc23)cc1OC. The summed E-state index contributed by atoms with van der Waals surface area (Å²) < 4.78 is 18.2. The van der Waals surface area contributed by atoms with Crippen LogP contribution in [-0.2, 0) is 6.42 Å². The number of benzene rings is 2. The summed E-state index contributed by atoms with van der Waals surface area (Å²) in [6.45, 7) is 2.86. The summed E-state index contributed by atoms with van der Waals surface area (Å²) in [6.07, 6.45) is 1.65. The zero-order valence-corrected chi connectivity index (χ0v) is 18.5. The number of hydrogen-bond acceptors (Lipinski definition) is 4. The molecule has 0 radical (unpaired) electrons. The van der Waals surface area contributed by atoms with Crippen molar-refractivity contribution < 1.29 is 14.2 Å². The highest BCUT2D eigenvalue weighted by molar-refractivity contribution is 9.10. The normalized spacial score (nSPS) is 22.8. The van der Waals surface area contributed by atoms with E-state index in [1.54, 1.807) is 14.2 Å². The number of hydrogen-bond donors (Lipinski definition) is 1. The first-order valence-electron chi connectivity index (χ1n) is 9.21. The number of nitrogens with zero attached hydrogens (tertiary/aromatic N) is 1. The monoisotopic (exact) mass is 462 g/mol. The average molecular weight is 463 g/mol. The zero-order valence-electron chi connectivity index (χ0n) is 16.1. The standard InChI is InChI=1S/C21H23BrN2O3S/c1-21-12-16(15-11-14(22)5-7-17(15)27-21)23-20(28)24(21)9-8-13-4-6-18(25-2)19(10-13)26-3/h4-7,10-11,16H,8-9,12H2,1-3H3,(H,23,28)/t16-,21+/m0/s1. The molecule has 1 fully saturated rings. The van der Waals surface area contributed by atoms with Crippen molar-refractivity contribution in [1.29, 1.82) is 0 Å². The summed E-state index contributed by atoms with van der Waals surface area (Å²) in [5.74, 6) is 2.38. The van der Waals surface area contributed by atoms with Gasteiger partial charge in [-0.3, -0.25) is 0 Å². The lowest BCUT2D eigenvalue weighted by Crippen LogP contribution is -2.64. The van der Waals surface area contributed by atoms with Gasteiger partial charge in [0.1, 0.15) is 5.75 Å². The van der Waals surface area contributed by atoms with Gasteiger partial charge in [-0.25, -0.2) is 0 Å². The van der Waals surface area contributed by atoms with E-state index in [1.165, 1.54) is 0 Å². The zero-order chi connectivity index (χ0) is 19.9. The molecular weight excluding hydrogens is 440 g/mol. The Bertz CT molecular complexity index is 923. The minimum absolute atomic E-state index is 0.163. The second-order valence-electron chi connectivity index (χ2n) is 7.26. The third kappa shape index (κ3) is 3.42. The molecule has 7 heteroatoms. The van der Waals surface area contributed by atoms with Crippen molar-refractivity contribution in [2.24, 2.45) is 0 Å². The molecule has 2 bridgehead atoms. The lowest BCUT2D eigenvalue weighted by molar-refractivity contribution is -0.0676. The number of methoxy groups -OCH3 is 2. The Balaban J connectivity index is 1.55.